The quantitative estimate of drug-likeness (QED) is 0.124. The van der Waals surface area contributed by atoms with Crippen LogP contribution in [0.4, 0.5) is 5.69 Å². The van der Waals surface area contributed by atoms with Crippen molar-refractivity contribution in [2.24, 2.45) is 0 Å². The largest absolute Gasteiger partial charge is 0.508 e. The monoisotopic (exact) mass is 528 g/mol. The Morgan fingerprint density at radius 3 is 2.38 bits per heavy atom. The Labute approximate surface area is 229 Å². The van der Waals surface area contributed by atoms with Gasteiger partial charge in [0.25, 0.3) is 0 Å². The molecule has 0 saturated carbocycles. The average Bonchev–Trinajstić information content (AvgIpc) is 2.96. The van der Waals surface area contributed by atoms with E-state index < -0.39 is 6.10 Å². The van der Waals surface area contributed by atoms with E-state index in [0.717, 1.165) is 52.3 Å². The van der Waals surface area contributed by atoms with Crippen LogP contribution in [-0.2, 0) is 19.4 Å². The lowest BCUT2D eigenvalue weighted by molar-refractivity contribution is 0.174. The van der Waals surface area contributed by atoms with Crippen LogP contribution in [0.1, 0.15) is 35.3 Å². The number of anilines is 1. The van der Waals surface area contributed by atoms with E-state index in [1.165, 1.54) is 6.07 Å². The van der Waals surface area contributed by atoms with Crippen LogP contribution in [0.2, 0.25) is 0 Å². The molecule has 0 fully saturated rings. The van der Waals surface area contributed by atoms with Crippen molar-refractivity contribution in [3.8, 4) is 34.1 Å². The number of methoxy groups -OCH3 is 1. The van der Waals surface area contributed by atoms with Crippen LogP contribution in [0, 0.1) is 0 Å². The molecule has 39 heavy (non-hydrogen) atoms. The van der Waals surface area contributed by atoms with Crippen molar-refractivity contribution in [1.82, 2.24) is 5.32 Å². The molecule has 4 rings (SSSR count). The van der Waals surface area contributed by atoms with Gasteiger partial charge in [-0.3, -0.25) is 0 Å². The maximum absolute atomic E-state index is 10.4. The van der Waals surface area contributed by atoms with Crippen LogP contribution in [-0.4, -0.2) is 35.5 Å². The van der Waals surface area contributed by atoms with Crippen LogP contribution in [0.5, 0.6) is 23.0 Å². The summed E-state index contributed by atoms with van der Waals surface area (Å²) in [6, 6.07) is 24.4. The Balaban J connectivity index is 1.34. The van der Waals surface area contributed by atoms with Crippen molar-refractivity contribution in [2.45, 2.75) is 32.5 Å². The maximum Gasteiger partial charge on any atom is 0.128 e. The van der Waals surface area contributed by atoms with E-state index in [9.17, 15) is 15.3 Å². The van der Waals surface area contributed by atoms with Crippen LogP contribution in [0.25, 0.3) is 11.1 Å². The van der Waals surface area contributed by atoms with E-state index in [1.807, 2.05) is 60.7 Å². The minimum atomic E-state index is -0.735. The van der Waals surface area contributed by atoms with Crippen LogP contribution < -0.4 is 20.5 Å². The normalized spacial score (nSPS) is 11.8. The fraction of sp³-hybridized carbons (Fsp3) is 0.250. The zero-order valence-electron chi connectivity index (χ0n) is 22.4. The number of aryl methyl sites for hydroxylation is 1. The highest BCUT2D eigenvalue weighted by Gasteiger charge is 2.13. The topological polar surface area (TPSA) is 117 Å². The first-order valence-electron chi connectivity index (χ1n) is 13.1. The fourth-order valence-corrected chi connectivity index (χ4v) is 4.51. The maximum atomic E-state index is 10.4. The van der Waals surface area contributed by atoms with Crippen molar-refractivity contribution < 1.29 is 24.8 Å². The lowest BCUT2D eigenvalue weighted by Crippen LogP contribution is -2.23. The number of ether oxygens (including phenoxy) is 2. The van der Waals surface area contributed by atoms with Gasteiger partial charge in [-0.05, 0) is 78.5 Å². The van der Waals surface area contributed by atoms with Crippen LogP contribution >= 0.6 is 0 Å². The fourth-order valence-electron chi connectivity index (χ4n) is 4.51. The van der Waals surface area contributed by atoms with Crippen LogP contribution in [0.15, 0.2) is 78.9 Å². The number of hydrogen-bond donors (Lipinski definition) is 5. The molecule has 4 aromatic carbocycles. The summed E-state index contributed by atoms with van der Waals surface area (Å²) in [7, 11) is 1.65. The molecule has 0 bridgehead atoms. The second kappa shape index (κ2) is 13.2. The standard InChI is InChI=1S/C32H36N2O5/c1-3-22-5-4-6-27(32(22)33)28-18-26(12-14-31(28)38-2)39-25-10-7-21(8-11-25)15-16-34-19-30(37)23-9-13-29(36)24(17-23)20-35/h4-14,17-18,30,34-37H,3,15-16,19-20,33H2,1-2H3/t30-/m0/s1. The average molecular weight is 529 g/mol. The number of benzene rings is 4. The molecule has 0 radical (unpaired) electrons. The predicted molar refractivity (Wildman–Crippen MR) is 154 cm³/mol. The molecule has 1 atom stereocenters. The Hall–Kier alpha value is -4.04. The minimum absolute atomic E-state index is 0.0210. The number of para-hydroxylation sites is 1. The van der Waals surface area contributed by atoms with Gasteiger partial charge in [0.05, 0.1) is 19.8 Å². The summed E-state index contributed by atoms with van der Waals surface area (Å²) >= 11 is 0. The predicted octanol–water partition coefficient (Wildman–Crippen LogP) is 5.36. The first kappa shape index (κ1) is 28.0. The Morgan fingerprint density at radius 2 is 1.67 bits per heavy atom. The zero-order valence-corrected chi connectivity index (χ0v) is 22.4. The number of aliphatic hydroxyl groups excluding tert-OH is 2. The molecule has 7 nitrogen and oxygen atoms in total. The highest BCUT2D eigenvalue weighted by molar-refractivity contribution is 5.83. The number of aromatic hydroxyl groups is 1. The van der Waals surface area contributed by atoms with Crippen molar-refractivity contribution in [1.29, 1.82) is 0 Å². The molecule has 0 aliphatic heterocycles. The third-order valence-corrected chi connectivity index (χ3v) is 6.78. The first-order chi connectivity index (χ1) is 18.9. The second-order valence-electron chi connectivity index (χ2n) is 9.36. The number of nitrogens with two attached hydrogens (primary N) is 1. The number of hydrogen-bond acceptors (Lipinski definition) is 7. The van der Waals surface area contributed by atoms with E-state index >= 15 is 0 Å². The Kier molecular flexibility index (Phi) is 9.44. The number of rotatable bonds is 12. The molecule has 7 heteroatoms. The third-order valence-electron chi connectivity index (χ3n) is 6.78. The van der Waals surface area contributed by atoms with Gasteiger partial charge >= 0.3 is 0 Å². The molecule has 4 aromatic rings. The van der Waals surface area contributed by atoms with Gasteiger partial charge in [0.15, 0.2) is 0 Å². The molecule has 0 saturated heterocycles. The number of nitrogen functional groups attached to an aromatic ring is 1. The van der Waals surface area contributed by atoms with Crippen molar-refractivity contribution >= 4 is 5.69 Å². The van der Waals surface area contributed by atoms with Gasteiger partial charge in [0, 0.05) is 28.9 Å². The van der Waals surface area contributed by atoms with Gasteiger partial charge in [-0.2, -0.15) is 0 Å². The summed E-state index contributed by atoms with van der Waals surface area (Å²) in [4.78, 5) is 0. The zero-order chi connectivity index (χ0) is 27.8. The number of phenols is 1. The molecule has 6 N–H and O–H groups in total. The van der Waals surface area contributed by atoms with Crippen molar-refractivity contribution in [3.63, 3.8) is 0 Å². The molecule has 0 aromatic heterocycles. The van der Waals surface area contributed by atoms with Gasteiger partial charge in [0.2, 0.25) is 0 Å². The smallest absolute Gasteiger partial charge is 0.128 e. The van der Waals surface area contributed by atoms with Crippen molar-refractivity contribution in [2.75, 3.05) is 25.9 Å². The van der Waals surface area contributed by atoms with Crippen LogP contribution in [0.3, 0.4) is 0 Å². The van der Waals surface area contributed by atoms with Gasteiger partial charge in [-0.1, -0.05) is 43.3 Å². The van der Waals surface area contributed by atoms with Crippen molar-refractivity contribution in [3.05, 3.63) is 101 Å². The second-order valence-corrected chi connectivity index (χ2v) is 9.36. The molecule has 0 aliphatic rings. The Bertz CT molecular complexity index is 1390. The van der Waals surface area contributed by atoms with E-state index in [0.29, 0.717) is 30.0 Å². The summed E-state index contributed by atoms with van der Waals surface area (Å²) in [5.41, 5.74) is 12.3. The lowest BCUT2D eigenvalue weighted by atomic mass is 9.98. The van der Waals surface area contributed by atoms with E-state index in [-0.39, 0.29) is 12.4 Å². The first-order valence-corrected chi connectivity index (χ1v) is 13.1. The summed E-state index contributed by atoms with van der Waals surface area (Å²) in [5.74, 6) is 2.16. The van der Waals surface area contributed by atoms with E-state index in [2.05, 4.69) is 12.2 Å². The molecular weight excluding hydrogens is 492 g/mol. The lowest BCUT2D eigenvalue weighted by Gasteiger charge is -2.15. The van der Waals surface area contributed by atoms with Gasteiger partial charge in [-0.15, -0.1) is 0 Å². The molecule has 0 unspecified atom stereocenters. The summed E-state index contributed by atoms with van der Waals surface area (Å²) in [6.45, 7) is 2.85. The van der Waals surface area contributed by atoms with E-state index in [4.69, 9.17) is 15.2 Å². The van der Waals surface area contributed by atoms with E-state index in [1.54, 1.807) is 19.2 Å². The Morgan fingerprint density at radius 1 is 0.897 bits per heavy atom. The molecule has 204 valence electrons. The third kappa shape index (κ3) is 6.89. The van der Waals surface area contributed by atoms with Gasteiger partial charge in [-0.25, -0.2) is 0 Å². The summed E-state index contributed by atoms with van der Waals surface area (Å²) in [6.07, 6.45) is 0.898. The number of nitrogens with one attached hydrogen (secondary N) is 1. The minimum Gasteiger partial charge on any atom is -0.508 e. The highest BCUT2D eigenvalue weighted by Crippen LogP contribution is 2.38. The molecule has 0 aliphatic carbocycles. The van der Waals surface area contributed by atoms with Gasteiger partial charge < -0.3 is 35.8 Å². The SMILES string of the molecule is CCc1cccc(-c2cc(Oc3ccc(CCNC[C@H](O)c4ccc(O)c(CO)c4)cc3)ccc2OC)c1N. The molecular formula is C32H36N2O5. The molecule has 0 heterocycles. The summed E-state index contributed by atoms with van der Waals surface area (Å²) in [5, 5.41) is 32.7. The van der Waals surface area contributed by atoms with Gasteiger partial charge in [0.1, 0.15) is 23.0 Å². The molecule has 0 spiro atoms. The highest BCUT2D eigenvalue weighted by atomic mass is 16.5. The molecule has 0 amide bonds. The summed E-state index contributed by atoms with van der Waals surface area (Å²) < 4.78 is 11.7. The number of aliphatic hydroxyl groups is 2.